The molecule has 1 aliphatic heterocycles. The van der Waals surface area contributed by atoms with E-state index >= 15 is 0 Å². The van der Waals surface area contributed by atoms with Crippen molar-refractivity contribution in [2.75, 3.05) is 25.4 Å². The Kier molecular flexibility index (Phi) is 5.40. The summed E-state index contributed by atoms with van der Waals surface area (Å²) in [6, 6.07) is -0.129. The van der Waals surface area contributed by atoms with E-state index in [1.165, 1.54) is 10.7 Å². The Labute approximate surface area is 121 Å². The van der Waals surface area contributed by atoms with Gasteiger partial charge in [0.2, 0.25) is 15.9 Å². The molecule has 0 aromatic rings. The lowest BCUT2D eigenvalue weighted by atomic mass is 9.91. The molecule has 2 rings (SSSR count). The monoisotopic (exact) mass is 303 g/mol. The van der Waals surface area contributed by atoms with Crippen LogP contribution in [-0.2, 0) is 14.8 Å². The predicted octanol–water partition coefficient (Wildman–Crippen LogP) is 0.0457. The third-order valence-corrected chi connectivity index (χ3v) is 6.32. The molecule has 1 unspecified atom stereocenters. The van der Waals surface area contributed by atoms with Gasteiger partial charge in [-0.15, -0.1) is 0 Å². The van der Waals surface area contributed by atoms with Gasteiger partial charge in [0, 0.05) is 12.6 Å². The Bertz CT molecular complexity index is 426. The molecule has 2 aliphatic rings. The van der Waals surface area contributed by atoms with Crippen molar-refractivity contribution in [1.29, 1.82) is 0 Å². The number of nitrogens with zero attached hydrogens (tertiary/aromatic N) is 1. The van der Waals surface area contributed by atoms with Crippen molar-refractivity contribution in [3.63, 3.8) is 0 Å². The summed E-state index contributed by atoms with van der Waals surface area (Å²) >= 11 is 0. The maximum atomic E-state index is 12.6. The largest absolute Gasteiger partial charge is 0.369 e. The van der Waals surface area contributed by atoms with E-state index in [-0.39, 0.29) is 24.3 Å². The SMILES string of the molecule is NC(=O)CN(C1CCNC1)S(=O)(=O)CC1CCCCC1. The number of nitrogens with one attached hydrogen (secondary N) is 1. The van der Waals surface area contributed by atoms with E-state index in [0.29, 0.717) is 6.54 Å². The summed E-state index contributed by atoms with van der Waals surface area (Å²) in [6.45, 7) is 1.21. The van der Waals surface area contributed by atoms with Crippen LogP contribution in [0.25, 0.3) is 0 Å². The van der Waals surface area contributed by atoms with E-state index in [1.807, 2.05) is 0 Å². The van der Waals surface area contributed by atoms with Gasteiger partial charge in [-0.1, -0.05) is 19.3 Å². The van der Waals surface area contributed by atoms with Crippen LogP contribution in [0.3, 0.4) is 0 Å². The molecular weight excluding hydrogens is 278 g/mol. The van der Waals surface area contributed by atoms with Crippen molar-refractivity contribution in [3.05, 3.63) is 0 Å². The normalized spacial score (nSPS) is 25.1. The third kappa shape index (κ3) is 4.17. The van der Waals surface area contributed by atoms with Crippen molar-refractivity contribution in [2.45, 2.75) is 44.6 Å². The molecule has 1 atom stereocenters. The van der Waals surface area contributed by atoms with Crippen molar-refractivity contribution in [3.8, 4) is 0 Å². The Balaban J connectivity index is 2.06. The second-order valence-electron chi connectivity index (χ2n) is 5.94. The molecule has 0 aromatic carbocycles. The van der Waals surface area contributed by atoms with E-state index in [4.69, 9.17) is 5.73 Å². The lowest BCUT2D eigenvalue weighted by molar-refractivity contribution is -0.118. The second kappa shape index (κ2) is 6.87. The molecule has 0 radical (unpaired) electrons. The highest BCUT2D eigenvalue weighted by Crippen LogP contribution is 2.26. The molecule has 0 aromatic heterocycles. The lowest BCUT2D eigenvalue weighted by Crippen LogP contribution is -2.47. The topological polar surface area (TPSA) is 92.5 Å². The van der Waals surface area contributed by atoms with E-state index in [9.17, 15) is 13.2 Å². The van der Waals surface area contributed by atoms with E-state index in [0.717, 1.165) is 38.6 Å². The summed E-state index contributed by atoms with van der Waals surface area (Å²) in [5, 5.41) is 3.14. The van der Waals surface area contributed by atoms with Crippen LogP contribution in [0.5, 0.6) is 0 Å². The molecule has 1 saturated heterocycles. The highest BCUT2D eigenvalue weighted by atomic mass is 32.2. The van der Waals surface area contributed by atoms with Gasteiger partial charge in [-0.3, -0.25) is 4.79 Å². The van der Waals surface area contributed by atoms with Crippen molar-refractivity contribution >= 4 is 15.9 Å². The Morgan fingerprint density at radius 2 is 1.90 bits per heavy atom. The first-order chi connectivity index (χ1) is 9.49. The zero-order chi connectivity index (χ0) is 14.6. The summed E-state index contributed by atoms with van der Waals surface area (Å²) in [6.07, 6.45) is 6.13. The molecule has 1 aliphatic carbocycles. The average Bonchev–Trinajstić information content (AvgIpc) is 2.89. The fourth-order valence-corrected chi connectivity index (χ4v) is 5.32. The van der Waals surface area contributed by atoms with Crippen LogP contribution in [0.2, 0.25) is 0 Å². The van der Waals surface area contributed by atoms with Gasteiger partial charge in [0.05, 0.1) is 12.3 Å². The maximum Gasteiger partial charge on any atom is 0.232 e. The van der Waals surface area contributed by atoms with Crippen LogP contribution in [0, 0.1) is 5.92 Å². The molecule has 1 amide bonds. The minimum Gasteiger partial charge on any atom is -0.369 e. The number of hydrogen-bond donors (Lipinski definition) is 2. The van der Waals surface area contributed by atoms with E-state index in [2.05, 4.69) is 5.32 Å². The molecule has 2 fully saturated rings. The summed E-state index contributed by atoms with van der Waals surface area (Å²) in [5.74, 6) is -0.181. The van der Waals surface area contributed by atoms with Gasteiger partial charge >= 0.3 is 0 Å². The van der Waals surface area contributed by atoms with Gasteiger partial charge in [0.1, 0.15) is 0 Å². The Morgan fingerprint density at radius 3 is 2.45 bits per heavy atom. The fraction of sp³-hybridized carbons (Fsp3) is 0.923. The second-order valence-corrected chi connectivity index (χ2v) is 7.91. The smallest absolute Gasteiger partial charge is 0.232 e. The van der Waals surface area contributed by atoms with Crippen LogP contribution >= 0.6 is 0 Å². The summed E-state index contributed by atoms with van der Waals surface area (Å²) in [5.41, 5.74) is 5.23. The Morgan fingerprint density at radius 1 is 1.20 bits per heavy atom. The predicted molar refractivity (Wildman–Crippen MR) is 77.5 cm³/mol. The molecule has 1 heterocycles. The van der Waals surface area contributed by atoms with Crippen LogP contribution < -0.4 is 11.1 Å². The Hall–Kier alpha value is -0.660. The van der Waals surface area contributed by atoms with Gasteiger partial charge in [-0.2, -0.15) is 4.31 Å². The first kappa shape index (κ1) is 15.7. The number of primary amides is 1. The first-order valence-corrected chi connectivity index (χ1v) is 9.08. The zero-order valence-electron chi connectivity index (χ0n) is 11.9. The molecule has 116 valence electrons. The molecule has 6 nitrogen and oxygen atoms in total. The van der Waals surface area contributed by atoms with E-state index in [1.54, 1.807) is 0 Å². The summed E-state index contributed by atoms with van der Waals surface area (Å²) in [4.78, 5) is 11.2. The summed E-state index contributed by atoms with van der Waals surface area (Å²) in [7, 11) is -3.41. The molecular formula is C13H25N3O3S. The fourth-order valence-electron chi connectivity index (χ4n) is 3.24. The maximum absolute atomic E-state index is 12.6. The number of amides is 1. The number of hydrogen-bond acceptors (Lipinski definition) is 4. The van der Waals surface area contributed by atoms with E-state index < -0.39 is 15.9 Å². The lowest BCUT2D eigenvalue weighted by Gasteiger charge is -2.29. The highest BCUT2D eigenvalue weighted by Gasteiger charge is 2.34. The molecule has 0 bridgehead atoms. The number of rotatable bonds is 6. The number of carbonyl (C=O) groups is 1. The third-order valence-electron chi connectivity index (χ3n) is 4.28. The van der Waals surface area contributed by atoms with Gasteiger partial charge in [-0.25, -0.2) is 8.42 Å². The molecule has 20 heavy (non-hydrogen) atoms. The van der Waals surface area contributed by atoms with Crippen molar-refractivity contribution in [2.24, 2.45) is 11.7 Å². The molecule has 7 heteroatoms. The van der Waals surface area contributed by atoms with Crippen LogP contribution in [0.15, 0.2) is 0 Å². The highest BCUT2D eigenvalue weighted by molar-refractivity contribution is 7.89. The average molecular weight is 303 g/mol. The zero-order valence-corrected chi connectivity index (χ0v) is 12.7. The number of carbonyl (C=O) groups excluding carboxylic acids is 1. The standard InChI is InChI=1S/C13H25N3O3S/c14-13(17)9-16(12-6-7-15-8-12)20(18,19)10-11-4-2-1-3-5-11/h11-12,15H,1-10H2,(H2,14,17). The van der Waals surface area contributed by atoms with Crippen LogP contribution in [0.4, 0.5) is 0 Å². The summed E-state index contributed by atoms with van der Waals surface area (Å²) < 4.78 is 26.6. The van der Waals surface area contributed by atoms with Gasteiger partial charge in [-0.05, 0) is 31.7 Å². The quantitative estimate of drug-likeness (QED) is 0.725. The van der Waals surface area contributed by atoms with Crippen LogP contribution in [-0.4, -0.2) is 50.1 Å². The minimum atomic E-state index is -3.41. The van der Waals surface area contributed by atoms with Crippen molar-refractivity contribution < 1.29 is 13.2 Å². The van der Waals surface area contributed by atoms with Crippen molar-refractivity contribution in [1.82, 2.24) is 9.62 Å². The minimum absolute atomic E-state index is 0.129. The van der Waals surface area contributed by atoms with Gasteiger partial charge < -0.3 is 11.1 Å². The number of nitrogens with two attached hydrogens (primary N) is 1. The first-order valence-electron chi connectivity index (χ1n) is 7.47. The van der Waals surface area contributed by atoms with Crippen LogP contribution in [0.1, 0.15) is 38.5 Å². The van der Waals surface area contributed by atoms with Gasteiger partial charge in [0.25, 0.3) is 0 Å². The van der Waals surface area contributed by atoms with Gasteiger partial charge in [0.15, 0.2) is 0 Å². The molecule has 3 N–H and O–H groups in total. The number of sulfonamides is 1. The molecule has 1 saturated carbocycles. The molecule has 0 spiro atoms.